The van der Waals surface area contributed by atoms with Crippen LogP contribution in [-0.4, -0.2) is 5.11 Å². The van der Waals surface area contributed by atoms with Crippen LogP contribution in [0, 0.1) is 18.6 Å². The molecule has 23 heavy (non-hydrogen) atoms. The largest absolute Gasteiger partial charge is 0.488 e. The highest BCUT2D eigenvalue weighted by Crippen LogP contribution is 2.43. The van der Waals surface area contributed by atoms with E-state index < -0.39 is 46.9 Å². The topological polar surface area (TPSA) is 29.5 Å². The Bertz CT molecular complexity index is 696. The lowest BCUT2D eigenvalue weighted by atomic mass is 10.0. The van der Waals surface area contributed by atoms with Crippen LogP contribution in [0.1, 0.15) is 22.3 Å². The molecule has 0 fully saturated rings. The molecule has 124 valence electrons. The van der Waals surface area contributed by atoms with Crippen molar-refractivity contribution in [1.29, 1.82) is 0 Å². The maximum absolute atomic E-state index is 13.8. The van der Waals surface area contributed by atoms with Gasteiger partial charge in [-0.3, -0.25) is 0 Å². The monoisotopic (exact) mass is 332 g/mol. The molecule has 0 radical (unpaired) electrons. The minimum absolute atomic E-state index is 0.276. The molecule has 7 heteroatoms. The summed E-state index contributed by atoms with van der Waals surface area (Å²) in [5, 5.41) is 9.15. The summed E-state index contributed by atoms with van der Waals surface area (Å²) in [6, 6.07) is 8.25. The zero-order valence-electron chi connectivity index (χ0n) is 12.0. The molecule has 2 nitrogen and oxygen atoms in total. The quantitative estimate of drug-likeness (QED) is 0.843. The van der Waals surface area contributed by atoms with E-state index in [-0.39, 0.29) is 6.61 Å². The first-order chi connectivity index (χ1) is 10.8. The molecule has 0 aliphatic rings. The molecule has 0 spiro atoms. The average Bonchev–Trinajstić information content (AvgIpc) is 2.50. The Morgan fingerprint density at radius 3 is 2.17 bits per heavy atom. The molecular weight excluding hydrogens is 319 g/mol. The Morgan fingerprint density at radius 2 is 1.65 bits per heavy atom. The Morgan fingerprint density at radius 1 is 1.04 bits per heavy atom. The van der Waals surface area contributed by atoms with Gasteiger partial charge in [0.2, 0.25) is 0 Å². The zero-order chi connectivity index (χ0) is 17.2. The van der Waals surface area contributed by atoms with Gasteiger partial charge in [-0.25, -0.2) is 8.78 Å². The van der Waals surface area contributed by atoms with E-state index in [2.05, 4.69) is 0 Å². The molecule has 2 aromatic carbocycles. The normalized spacial score (nSPS) is 11.6. The third-order valence-electron chi connectivity index (χ3n) is 3.33. The van der Waals surface area contributed by atoms with Gasteiger partial charge in [0.05, 0.1) is 12.2 Å². The lowest BCUT2D eigenvalue weighted by Crippen LogP contribution is -2.16. The number of rotatable bonds is 4. The predicted octanol–water partition coefficient (Wildman–Crippen LogP) is 4.36. The molecule has 2 rings (SSSR count). The van der Waals surface area contributed by atoms with Gasteiger partial charge in [0.1, 0.15) is 17.9 Å². The van der Waals surface area contributed by atoms with Gasteiger partial charge >= 0.3 is 6.18 Å². The smallest absolute Gasteiger partial charge is 0.420 e. The maximum Gasteiger partial charge on any atom is 0.420 e. The molecule has 0 aromatic heterocycles. The summed E-state index contributed by atoms with van der Waals surface area (Å²) in [7, 11) is 0. The van der Waals surface area contributed by atoms with E-state index in [1.807, 2.05) is 0 Å². The van der Waals surface area contributed by atoms with E-state index in [1.165, 1.54) is 0 Å². The number of hydrogen-bond acceptors (Lipinski definition) is 2. The Hall–Kier alpha value is -2.15. The highest BCUT2D eigenvalue weighted by molar-refractivity contribution is 5.49. The lowest BCUT2D eigenvalue weighted by molar-refractivity contribution is -0.139. The van der Waals surface area contributed by atoms with Gasteiger partial charge in [-0.2, -0.15) is 13.2 Å². The number of halogens is 5. The van der Waals surface area contributed by atoms with Crippen molar-refractivity contribution in [2.24, 2.45) is 0 Å². The number of hydrogen-bond donors (Lipinski definition) is 1. The second kappa shape index (κ2) is 6.54. The van der Waals surface area contributed by atoms with Crippen molar-refractivity contribution in [2.75, 3.05) is 0 Å². The van der Waals surface area contributed by atoms with Crippen LogP contribution in [0.25, 0.3) is 0 Å². The molecule has 0 heterocycles. The van der Waals surface area contributed by atoms with E-state index in [9.17, 15) is 22.0 Å². The van der Waals surface area contributed by atoms with Crippen molar-refractivity contribution in [2.45, 2.75) is 26.3 Å². The molecule has 0 saturated carbocycles. The summed E-state index contributed by atoms with van der Waals surface area (Å²) in [6.07, 6.45) is -4.95. The third kappa shape index (κ3) is 3.44. The van der Waals surface area contributed by atoms with Gasteiger partial charge in [0, 0.05) is 5.56 Å². The number of aliphatic hydroxyl groups is 1. The first-order valence-electron chi connectivity index (χ1n) is 6.62. The molecule has 0 aliphatic heterocycles. The highest BCUT2D eigenvalue weighted by atomic mass is 19.4. The first kappa shape index (κ1) is 17.2. The van der Waals surface area contributed by atoms with Crippen LogP contribution in [0.5, 0.6) is 5.75 Å². The molecule has 0 bridgehead atoms. The van der Waals surface area contributed by atoms with Crippen molar-refractivity contribution >= 4 is 0 Å². The summed E-state index contributed by atoms with van der Waals surface area (Å²) in [4.78, 5) is 0. The molecule has 0 amide bonds. The van der Waals surface area contributed by atoms with Gasteiger partial charge in [-0.15, -0.1) is 0 Å². The van der Waals surface area contributed by atoms with E-state index in [1.54, 1.807) is 30.3 Å². The van der Waals surface area contributed by atoms with Crippen LogP contribution >= 0.6 is 0 Å². The zero-order valence-corrected chi connectivity index (χ0v) is 12.0. The Labute approximate surface area is 129 Å². The lowest BCUT2D eigenvalue weighted by Gasteiger charge is -2.20. The van der Waals surface area contributed by atoms with Gasteiger partial charge in [0.25, 0.3) is 0 Å². The minimum atomic E-state index is -4.95. The molecule has 0 saturated heterocycles. The first-order valence-corrected chi connectivity index (χ1v) is 6.62. The van der Waals surface area contributed by atoms with E-state index >= 15 is 0 Å². The standard InChI is InChI=1S/C16H13F5O2/c1-9-12(16(19,20)21)15(11(7-22)14(18)13(9)17)23-8-10-5-3-2-4-6-10/h2-6,22H,7-8H2,1H3. The van der Waals surface area contributed by atoms with Crippen molar-refractivity contribution in [3.8, 4) is 5.75 Å². The van der Waals surface area contributed by atoms with Crippen molar-refractivity contribution in [3.63, 3.8) is 0 Å². The van der Waals surface area contributed by atoms with Crippen molar-refractivity contribution < 1.29 is 31.8 Å². The summed E-state index contributed by atoms with van der Waals surface area (Å²) in [6.45, 7) is -0.574. The molecule has 0 unspecified atom stereocenters. The summed E-state index contributed by atoms with van der Waals surface area (Å²) in [5.41, 5.74) is -2.63. The second-order valence-corrected chi connectivity index (χ2v) is 4.87. The SMILES string of the molecule is Cc1c(F)c(F)c(CO)c(OCc2ccccc2)c1C(F)(F)F. The van der Waals surface area contributed by atoms with E-state index in [0.717, 1.165) is 6.92 Å². The second-order valence-electron chi connectivity index (χ2n) is 4.87. The van der Waals surface area contributed by atoms with Crippen LogP contribution in [0.2, 0.25) is 0 Å². The van der Waals surface area contributed by atoms with E-state index in [0.29, 0.717) is 5.56 Å². The highest BCUT2D eigenvalue weighted by Gasteiger charge is 2.40. The molecule has 0 atom stereocenters. The molecular formula is C16H13F5O2. The third-order valence-corrected chi connectivity index (χ3v) is 3.33. The number of ether oxygens (including phenoxy) is 1. The maximum atomic E-state index is 13.8. The fraction of sp³-hybridized carbons (Fsp3) is 0.250. The average molecular weight is 332 g/mol. The summed E-state index contributed by atoms with van der Waals surface area (Å²) in [5.74, 6) is -4.07. The predicted molar refractivity (Wildman–Crippen MR) is 72.8 cm³/mol. The number of aliphatic hydroxyl groups excluding tert-OH is 1. The molecule has 2 aromatic rings. The number of alkyl halides is 3. The van der Waals surface area contributed by atoms with Crippen molar-refractivity contribution in [3.05, 3.63) is 64.2 Å². The van der Waals surface area contributed by atoms with Gasteiger partial charge in [-0.1, -0.05) is 30.3 Å². The van der Waals surface area contributed by atoms with E-state index in [4.69, 9.17) is 9.84 Å². The van der Waals surface area contributed by atoms with Gasteiger partial charge in [0.15, 0.2) is 11.6 Å². The van der Waals surface area contributed by atoms with Crippen LogP contribution in [-0.2, 0) is 19.4 Å². The van der Waals surface area contributed by atoms with Crippen LogP contribution in [0.3, 0.4) is 0 Å². The summed E-state index contributed by atoms with van der Waals surface area (Å²) >= 11 is 0. The minimum Gasteiger partial charge on any atom is -0.488 e. The summed E-state index contributed by atoms with van der Waals surface area (Å²) < 4.78 is 72.2. The fourth-order valence-electron chi connectivity index (χ4n) is 2.20. The number of benzene rings is 2. The van der Waals surface area contributed by atoms with Gasteiger partial charge < -0.3 is 9.84 Å². The fourth-order valence-corrected chi connectivity index (χ4v) is 2.20. The van der Waals surface area contributed by atoms with Crippen LogP contribution in [0.15, 0.2) is 30.3 Å². The van der Waals surface area contributed by atoms with Gasteiger partial charge in [-0.05, 0) is 12.5 Å². The Kier molecular flexibility index (Phi) is 4.89. The van der Waals surface area contributed by atoms with Crippen LogP contribution in [0.4, 0.5) is 22.0 Å². The molecule has 0 aliphatic carbocycles. The molecule has 1 N–H and O–H groups in total. The van der Waals surface area contributed by atoms with Crippen LogP contribution < -0.4 is 4.74 Å². The Balaban J connectivity index is 2.55. The van der Waals surface area contributed by atoms with Crippen molar-refractivity contribution in [1.82, 2.24) is 0 Å².